The number of carbonyl (C=O) groups excluding carboxylic acids is 1. The molecule has 0 aliphatic carbocycles. The van der Waals surface area contributed by atoms with E-state index in [4.69, 9.17) is 0 Å². The summed E-state index contributed by atoms with van der Waals surface area (Å²) in [7, 11) is 0. The average Bonchev–Trinajstić information content (AvgIpc) is 2.50. The van der Waals surface area contributed by atoms with Crippen LogP contribution in [0.2, 0.25) is 0 Å². The number of carbonyl (C=O) groups is 1. The highest BCUT2D eigenvalue weighted by Crippen LogP contribution is 2.11. The normalized spacial score (nSPS) is 11.9. The van der Waals surface area contributed by atoms with Crippen molar-refractivity contribution in [2.75, 3.05) is 11.9 Å². The van der Waals surface area contributed by atoms with Gasteiger partial charge < -0.3 is 10.6 Å². The molecule has 0 aromatic heterocycles. The Morgan fingerprint density at radius 1 is 1.10 bits per heavy atom. The van der Waals surface area contributed by atoms with E-state index in [1.54, 1.807) is 12.1 Å². The molecule has 4 heteroatoms. The molecular formula is C17H19FN2O. The number of rotatable bonds is 6. The van der Waals surface area contributed by atoms with Crippen molar-refractivity contribution in [2.45, 2.75) is 19.4 Å². The van der Waals surface area contributed by atoms with Crippen LogP contribution in [0.5, 0.6) is 0 Å². The zero-order chi connectivity index (χ0) is 15.1. The van der Waals surface area contributed by atoms with Crippen molar-refractivity contribution in [3.05, 3.63) is 66.0 Å². The van der Waals surface area contributed by atoms with Gasteiger partial charge in [-0.3, -0.25) is 4.79 Å². The van der Waals surface area contributed by atoms with E-state index in [1.165, 1.54) is 17.7 Å². The first-order chi connectivity index (χ1) is 10.1. The van der Waals surface area contributed by atoms with Crippen molar-refractivity contribution < 1.29 is 9.18 Å². The van der Waals surface area contributed by atoms with E-state index in [2.05, 4.69) is 29.7 Å². The quantitative estimate of drug-likeness (QED) is 0.853. The van der Waals surface area contributed by atoms with Gasteiger partial charge in [0.15, 0.2) is 0 Å². The number of nitrogens with one attached hydrogen (secondary N) is 2. The molecular weight excluding hydrogens is 267 g/mol. The largest absolute Gasteiger partial charge is 0.326 e. The molecule has 0 heterocycles. The van der Waals surface area contributed by atoms with Crippen LogP contribution >= 0.6 is 0 Å². The van der Waals surface area contributed by atoms with Crippen LogP contribution in [-0.2, 0) is 4.79 Å². The second kappa shape index (κ2) is 7.55. The van der Waals surface area contributed by atoms with Gasteiger partial charge in [-0.15, -0.1) is 0 Å². The van der Waals surface area contributed by atoms with Gasteiger partial charge in [-0.2, -0.15) is 0 Å². The Labute approximate surface area is 124 Å². The highest BCUT2D eigenvalue weighted by Gasteiger charge is 2.06. The molecule has 0 radical (unpaired) electrons. The highest BCUT2D eigenvalue weighted by molar-refractivity contribution is 5.90. The summed E-state index contributed by atoms with van der Waals surface area (Å²) in [6, 6.07) is 16.0. The zero-order valence-electron chi connectivity index (χ0n) is 12.0. The summed E-state index contributed by atoms with van der Waals surface area (Å²) in [6.45, 7) is 2.65. The molecule has 3 nitrogen and oxygen atoms in total. The predicted molar refractivity (Wildman–Crippen MR) is 82.5 cm³/mol. The monoisotopic (exact) mass is 286 g/mol. The van der Waals surface area contributed by atoms with Gasteiger partial charge in [0.25, 0.3) is 0 Å². The number of halogens is 1. The Hall–Kier alpha value is -2.20. The predicted octanol–water partition coefficient (Wildman–Crippen LogP) is 3.51. The lowest BCUT2D eigenvalue weighted by molar-refractivity contribution is -0.116. The molecule has 1 atom stereocenters. The molecule has 2 N–H and O–H groups in total. The summed E-state index contributed by atoms with van der Waals surface area (Å²) >= 11 is 0. The zero-order valence-corrected chi connectivity index (χ0v) is 12.0. The van der Waals surface area contributed by atoms with Crippen molar-refractivity contribution >= 4 is 11.6 Å². The van der Waals surface area contributed by atoms with Gasteiger partial charge in [0.05, 0.1) is 0 Å². The van der Waals surface area contributed by atoms with Gasteiger partial charge in [0.1, 0.15) is 5.82 Å². The van der Waals surface area contributed by atoms with Crippen LogP contribution in [-0.4, -0.2) is 12.5 Å². The molecule has 0 saturated carbocycles. The maximum absolute atomic E-state index is 12.8. The van der Waals surface area contributed by atoms with E-state index < -0.39 is 0 Å². The minimum Gasteiger partial charge on any atom is -0.326 e. The molecule has 0 aliphatic rings. The van der Waals surface area contributed by atoms with Crippen molar-refractivity contribution in [1.29, 1.82) is 0 Å². The Morgan fingerprint density at radius 2 is 1.76 bits per heavy atom. The third kappa shape index (κ3) is 5.00. The van der Waals surface area contributed by atoms with E-state index in [9.17, 15) is 9.18 Å². The lowest BCUT2D eigenvalue weighted by atomic mass is 10.1. The minimum absolute atomic E-state index is 0.0885. The molecule has 2 aromatic carbocycles. The van der Waals surface area contributed by atoms with Gasteiger partial charge in [-0.25, -0.2) is 4.39 Å². The maximum atomic E-state index is 12.8. The number of anilines is 1. The van der Waals surface area contributed by atoms with Crippen molar-refractivity contribution in [3.8, 4) is 0 Å². The maximum Gasteiger partial charge on any atom is 0.225 e. The van der Waals surface area contributed by atoms with Crippen LogP contribution in [0.1, 0.15) is 24.9 Å². The molecule has 2 aromatic rings. The van der Waals surface area contributed by atoms with Gasteiger partial charge in [0, 0.05) is 24.7 Å². The third-order valence-electron chi connectivity index (χ3n) is 3.23. The van der Waals surface area contributed by atoms with Gasteiger partial charge in [0.2, 0.25) is 5.91 Å². The molecule has 2 rings (SSSR count). The average molecular weight is 286 g/mol. The Balaban J connectivity index is 1.73. The molecule has 1 unspecified atom stereocenters. The fourth-order valence-electron chi connectivity index (χ4n) is 2.02. The Bertz CT molecular complexity index is 569. The molecule has 21 heavy (non-hydrogen) atoms. The Kier molecular flexibility index (Phi) is 5.46. The topological polar surface area (TPSA) is 41.1 Å². The van der Waals surface area contributed by atoms with E-state index in [1.807, 2.05) is 18.2 Å². The van der Waals surface area contributed by atoms with E-state index >= 15 is 0 Å². The first-order valence-electron chi connectivity index (χ1n) is 6.99. The van der Waals surface area contributed by atoms with Crippen molar-refractivity contribution in [1.82, 2.24) is 5.32 Å². The molecule has 0 spiro atoms. The van der Waals surface area contributed by atoms with Crippen LogP contribution in [0.3, 0.4) is 0 Å². The molecule has 0 fully saturated rings. The second-order valence-corrected chi connectivity index (χ2v) is 4.89. The summed E-state index contributed by atoms with van der Waals surface area (Å²) in [5.74, 6) is -0.402. The minimum atomic E-state index is -0.314. The standard InChI is InChI=1S/C17H19FN2O/c1-13(14-5-3-2-4-6-14)19-12-11-17(21)20-16-9-7-15(18)8-10-16/h2-10,13,19H,11-12H2,1H3,(H,20,21). The van der Waals surface area contributed by atoms with E-state index in [0.717, 1.165) is 0 Å². The fourth-order valence-corrected chi connectivity index (χ4v) is 2.02. The highest BCUT2D eigenvalue weighted by atomic mass is 19.1. The smallest absolute Gasteiger partial charge is 0.225 e. The van der Waals surface area contributed by atoms with Crippen LogP contribution in [0.4, 0.5) is 10.1 Å². The van der Waals surface area contributed by atoms with Crippen LogP contribution in [0, 0.1) is 5.82 Å². The number of hydrogen-bond acceptors (Lipinski definition) is 2. The van der Waals surface area contributed by atoms with Crippen molar-refractivity contribution in [2.24, 2.45) is 0 Å². The van der Waals surface area contributed by atoms with E-state index in [0.29, 0.717) is 18.7 Å². The molecule has 0 saturated heterocycles. The number of benzene rings is 2. The van der Waals surface area contributed by atoms with Gasteiger partial charge in [-0.05, 0) is 36.8 Å². The van der Waals surface area contributed by atoms with Crippen LogP contribution < -0.4 is 10.6 Å². The summed E-state index contributed by atoms with van der Waals surface area (Å²) in [5, 5.41) is 6.04. The van der Waals surface area contributed by atoms with E-state index in [-0.39, 0.29) is 17.8 Å². The molecule has 0 bridgehead atoms. The Morgan fingerprint density at radius 3 is 2.43 bits per heavy atom. The fraction of sp³-hybridized carbons (Fsp3) is 0.235. The summed E-state index contributed by atoms with van der Waals surface area (Å²) in [4.78, 5) is 11.8. The molecule has 1 amide bonds. The first kappa shape index (κ1) is 15.2. The molecule has 0 aliphatic heterocycles. The van der Waals surface area contributed by atoms with Gasteiger partial charge >= 0.3 is 0 Å². The number of amides is 1. The lowest BCUT2D eigenvalue weighted by Crippen LogP contribution is -2.24. The SMILES string of the molecule is CC(NCCC(=O)Nc1ccc(F)cc1)c1ccccc1. The number of hydrogen-bond donors (Lipinski definition) is 2. The summed E-state index contributed by atoms with van der Waals surface area (Å²) in [6.07, 6.45) is 0.370. The molecule has 110 valence electrons. The third-order valence-corrected chi connectivity index (χ3v) is 3.23. The van der Waals surface area contributed by atoms with Gasteiger partial charge in [-0.1, -0.05) is 30.3 Å². The lowest BCUT2D eigenvalue weighted by Gasteiger charge is -2.14. The van der Waals surface area contributed by atoms with Crippen molar-refractivity contribution in [3.63, 3.8) is 0 Å². The first-order valence-corrected chi connectivity index (χ1v) is 6.99. The van der Waals surface area contributed by atoms with Crippen LogP contribution in [0.15, 0.2) is 54.6 Å². The summed E-state index contributed by atoms with van der Waals surface area (Å²) in [5.41, 5.74) is 1.80. The van der Waals surface area contributed by atoms with Crippen LogP contribution in [0.25, 0.3) is 0 Å². The summed E-state index contributed by atoms with van der Waals surface area (Å²) < 4.78 is 12.8. The second-order valence-electron chi connectivity index (χ2n) is 4.89.